The van der Waals surface area contributed by atoms with E-state index >= 15 is 0 Å². The van der Waals surface area contributed by atoms with Crippen molar-refractivity contribution in [3.05, 3.63) is 42.5 Å². The molecule has 3 fully saturated rings. The van der Waals surface area contributed by atoms with Gasteiger partial charge in [0, 0.05) is 0 Å². The summed E-state index contributed by atoms with van der Waals surface area (Å²) in [5.74, 6) is 5.44. The van der Waals surface area contributed by atoms with E-state index in [4.69, 9.17) is 4.74 Å². The van der Waals surface area contributed by atoms with Crippen molar-refractivity contribution in [1.29, 1.82) is 0 Å². The molecule has 0 aliphatic heterocycles. The van der Waals surface area contributed by atoms with Crippen molar-refractivity contribution in [3.63, 3.8) is 0 Å². The highest BCUT2D eigenvalue weighted by Crippen LogP contribution is 2.49. The number of carbonyl (C=O) groups is 1. The van der Waals surface area contributed by atoms with Crippen LogP contribution in [-0.4, -0.2) is 5.97 Å². The Morgan fingerprint density at radius 3 is 2.20 bits per heavy atom. The highest BCUT2D eigenvalue weighted by atomic mass is 16.5. The molecule has 4 rings (SSSR count). The maximum atomic E-state index is 12.6. The smallest absolute Gasteiger partial charge is 0.314 e. The molecule has 164 valence electrons. The molecule has 0 saturated heterocycles. The normalized spacial score (nSPS) is 34.0. The lowest BCUT2D eigenvalue weighted by Gasteiger charge is -2.45. The van der Waals surface area contributed by atoms with Gasteiger partial charge in [-0.05, 0) is 119 Å². The second-order valence-corrected chi connectivity index (χ2v) is 10.5. The van der Waals surface area contributed by atoms with E-state index in [1.54, 1.807) is 0 Å². The van der Waals surface area contributed by atoms with Crippen LogP contribution in [0.2, 0.25) is 0 Å². The van der Waals surface area contributed by atoms with E-state index in [1.807, 2.05) is 24.3 Å². The summed E-state index contributed by atoms with van der Waals surface area (Å²) in [6.45, 7) is 5.95. The van der Waals surface area contributed by atoms with Gasteiger partial charge in [0.2, 0.25) is 0 Å². The summed E-state index contributed by atoms with van der Waals surface area (Å²) >= 11 is 0. The van der Waals surface area contributed by atoms with E-state index < -0.39 is 0 Å². The minimum atomic E-state index is -0.0149. The highest BCUT2D eigenvalue weighted by Gasteiger charge is 2.39. The van der Waals surface area contributed by atoms with Gasteiger partial charge in [-0.2, -0.15) is 0 Å². The van der Waals surface area contributed by atoms with Crippen LogP contribution in [0.25, 0.3) is 0 Å². The fourth-order valence-electron chi connectivity index (χ4n) is 6.70. The minimum absolute atomic E-state index is 0.0149. The van der Waals surface area contributed by atoms with Crippen LogP contribution in [-0.2, 0) is 4.79 Å². The Hall–Kier alpha value is -1.57. The molecule has 1 aromatic rings. The molecule has 30 heavy (non-hydrogen) atoms. The van der Waals surface area contributed by atoms with Crippen LogP contribution in [0.3, 0.4) is 0 Å². The van der Waals surface area contributed by atoms with Crippen LogP contribution in [0.4, 0.5) is 0 Å². The second-order valence-electron chi connectivity index (χ2n) is 10.5. The number of hydrogen-bond acceptors (Lipinski definition) is 2. The number of fused-ring (bicyclic) bond motifs is 1. The summed E-state index contributed by atoms with van der Waals surface area (Å²) in [4.78, 5) is 12.6. The van der Waals surface area contributed by atoms with Crippen molar-refractivity contribution in [2.75, 3.05) is 0 Å². The first kappa shape index (κ1) is 21.7. The molecule has 2 heteroatoms. The molecular formula is C28H40O2. The third-order valence-electron chi connectivity index (χ3n) is 8.55. The average Bonchev–Trinajstić information content (AvgIpc) is 2.79. The molecule has 0 N–H and O–H groups in total. The topological polar surface area (TPSA) is 26.3 Å². The van der Waals surface area contributed by atoms with Gasteiger partial charge in [-0.3, -0.25) is 4.79 Å². The van der Waals surface area contributed by atoms with E-state index in [0.717, 1.165) is 42.4 Å². The maximum absolute atomic E-state index is 12.6. The van der Waals surface area contributed by atoms with Crippen molar-refractivity contribution < 1.29 is 9.53 Å². The minimum Gasteiger partial charge on any atom is -0.426 e. The highest BCUT2D eigenvalue weighted by molar-refractivity contribution is 5.75. The predicted molar refractivity (Wildman–Crippen MR) is 123 cm³/mol. The number of allylic oxidation sites excluding steroid dienone is 1. The number of carbonyl (C=O) groups excluding carboxylic acids is 1. The van der Waals surface area contributed by atoms with Gasteiger partial charge in [-0.1, -0.05) is 30.2 Å². The van der Waals surface area contributed by atoms with Crippen LogP contribution < -0.4 is 4.74 Å². The zero-order valence-corrected chi connectivity index (χ0v) is 18.9. The van der Waals surface area contributed by atoms with Crippen molar-refractivity contribution in [2.45, 2.75) is 84.0 Å². The zero-order chi connectivity index (χ0) is 20.9. The van der Waals surface area contributed by atoms with E-state index in [2.05, 4.69) is 19.6 Å². The summed E-state index contributed by atoms with van der Waals surface area (Å²) in [6, 6.07) is 7.82. The van der Waals surface area contributed by atoms with Gasteiger partial charge in [0.05, 0.1) is 5.92 Å². The quantitative estimate of drug-likeness (QED) is 0.277. The van der Waals surface area contributed by atoms with Gasteiger partial charge in [-0.25, -0.2) is 0 Å². The molecule has 0 heterocycles. The number of aryl methyl sites for hydroxylation is 1. The molecule has 4 atom stereocenters. The Balaban J connectivity index is 1.22. The van der Waals surface area contributed by atoms with Crippen LogP contribution in [0, 0.1) is 42.4 Å². The fourth-order valence-corrected chi connectivity index (χ4v) is 6.70. The first-order valence-corrected chi connectivity index (χ1v) is 12.5. The number of rotatable bonds is 6. The van der Waals surface area contributed by atoms with Crippen LogP contribution in [0.1, 0.15) is 82.6 Å². The first-order chi connectivity index (χ1) is 14.6. The third-order valence-corrected chi connectivity index (χ3v) is 8.55. The van der Waals surface area contributed by atoms with Gasteiger partial charge < -0.3 is 4.74 Å². The third kappa shape index (κ3) is 5.37. The van der Waals surface area contributed by atoms with Crippen molar-refractivity contribution in [1.82, 2.24) is 0 Å². The van der Waals surface area contributed by atoms with Crippen molar-refractivity contribution in [3.8, 4) is 5.75 Å². The van der Waals surface area contributed by atoms with Crippen molar-refractivity contribution >= 4 is 5.97 Å². The van der Waals surface area contributed by atoms with E-state index in [9.17, 15) is 4.79 Å². The summed E-state index contributed by atoms with van der Waals surface area (Å²) < 4.78 is 5.65. The van der Waals surface area contributed by atoms with Crippen LogP contribution in [0.5, 0.6) is 5.75 Å². The molecule has 0 aromatic heterocycles. The van der Waals surface area contributed by atoms with Crippen molar-refractivity contribution in [2.24, 2.45) is 35.5 Å². The summed E-state index contributed by atoms with van der Waals surface area (Å²) in [6.07, 6.45) is 17.8. The molecule has 0 spiro atoms. The lowest BCUT2D eigenvalue weighted by molar-refractivity contribution is -0.140. The van der Waals surface area contributed by atoms with Gasteiger partial charge in [0.15, 0.2) is 0 Å². The Morgan fingerprint density at radius 2 is 1.50 bits per heavy atom. The molecule has 1 aromatic carbocycles. The first-order valence-electron chi connectivity index (χ1n) is 12.5. The van der Waals surface area contributed by atoms with Crippen LogP contribution in [0.15, 0.2) is 36.9 Å². The summed E-state index contributed by atoms with van der Waals surface area (Å²) in [7, 11) is 0. The molecule has 3 aliphatic rings. The molecule has 0 amide bonds. The second kappa shape index (κ2) is 10.2. The monoisotopic (exact) mass is 408 g/mol. The Morgan fingerprint density at radius 1 is 0.900 bits per heavy atom. The summed E-state index contributed by atoms with van der Waals surface area (Å²) in [5.41, 5.74) is 1.19. The zero-order valence-electron chi connectivity index (χ0n) is 18.9. The largest absolute Gasteiger partial charge is 0.426 e. The molecule has 0 bridgehead atoms. The lowest BCUT2D eigenvalue weighted by atomic mass is 9.60. The Kier molecular flexibility index (Phi) is 7.33. The number of ether oxygens (including phenoxy) is 1. The Bertz CT molecular complexity index is 698. The summed E-state index contributed by atoms with van der Waals surface area (Å²) in [5, 5.41) is 0. The molecule has 2 nitrogen and oxygen atoms in total. The van der Waals surface area contributed by atoms with E-state index in [0.29, 0.717) is 5.75 Å². The molecule has 3 saturated carbocycles. The predicted octanol–water partition coefficient (Wildman–Crippen LogP) is 7.51. The number of hydrogen-bond donors (Lipinski definition) is 0. The SMILES string of the molecule is C=CCCC1CCC2CC(C3CCC(C(=O)Oc4ccc(C)cc4)CC3)CCC2C1. The van der Waals surface area contributed by atoms with Gasteiger partial charge >= 0.3 is 5.97 Å². The standard InChI is InChI=1S/C28H40O2/c1-3-4-5-21-8-9-26-19-25(15-14-24(26)18-21)22-10-12-23(13-11-22)28(29)30-27-16-6-20(2)7-17-27/h3,6-7,16-17,21-26H,1,4-5,8-15,18-19H2,2H3. The van der Waals surface area contributed by atoms with Gasteiger partial charge in [-0.15, -0.1) is 6.58 Å². The van der Waals surface area contributed by atoms with Gasteiger partial charge in [0.1, 0.15) is 5.75 Å². The molecule has 4 unspecified atom stereocenters. The number of benzene rings is 1. The van der Waals surface area contributed by atoms with E-state index in [1.165, 1.54) is 69.8 Å². The maximum Gasteiger partial charge on any atom is 0.314 e. The Labute approximate surface area is 183 Å². The fraction of sp³-hybridized carbons (Fsp3) is 0.679. The van der Waals surface area contributed by atoms with Gasteiger partial charge in [0.25, 0.3) is 0 Å². The molecule has 3 aliphatic carbocycles. The molecular weight excluding hydrogens is 368 g/mol. The molecule has 0 radical (unpaired) electrons. The van der Waals surface area contributed by atoms with Crippen LogP contribution >= 0.6 is 0 Å². The van der Waals surface area contributed by atoms with E-state index in [-0.39, 0.29) is 11.9 Å². The lowest BCUT2D eigenvalue weighted by Crippen LogP contribution is -2.35. The number of esters is 1. The average molecular weight is 409 g/mol.